The first-order chi connectivity index (χ1) is 14.1. The molecule has 2 N–H and O–H groups in total. The second-order valence-electron chi connectivity index (χ2n) is 7.11. The minimum Gasteiger partial charge on any atom is -0.508 e. The van der Waals surface area contributed by atoms with E-state index in [-0.39, 0.29) is 23.3 Å². The monoisotopic (exact) mass is 389 g/mol. The van der Waals surface area contributed by atoms with Crippen molar-refractivity contribution in [3.63, 3.8) is 0 Å². The molecule has 0 radical (unpaired) electrons. The molecule has 1 aliphatic heterocycles. The van der Waals surface area contributed by atoms with Gasteiger partial charge in [0.05, 0.1) is 13.2 Å². The number of phenolic OH excluding ortho intramolecular Hbond substituents is 2. The van der Waals surface area contributed by atoms with Crippen LogP contribution in [-0.2, 0) is 4.74 Å². The SMILES string of the molecule is O=C(c1ccccc1C(c1ccc(O)cc1)c1ccc(O)cc1)N1CCOCC1. The predicted octanol–water partition coefficient (Wildman–Crippen LogP) is 3.75. The van der Waals surface area contributed by atoms with Gasteiger partial charge in [-0.25, -0.2) is 0 Å². The van der Waals surface area contributed by atoms with Gasteiger partial charge in [-0.1, -0.05) is 42.5 Å². The van der Waals surface area contributed by atoms with E-state index in [0.29, 0.717) is 31.9 Å². The maximum absolute atomic E-state index is 13.3. The van der Waals surface area contributed by atoms with Gasteiger partial charge in [-0.05, 0) is 47.0 Å². The molecule has 1 aliphatic rings. The van der Waals surface area contributed by atoms with Crippen LogP contribution in [0.1, 0.15) is 33.0 Å². The Hall–Kier alpha value is -3.31. The summed E-state index contributed by atoms with van der Waals surface area (Å²) < 4.78 is 5.38. The van der Waals surface area contributed by atoms with Crippen molar-refractivity contribution >= 4 is 5.91 Å². The third kappa shape index (κ3) is 4.10. The second kappa shape index (κ2) is 8.37. The van der Waals surface area contributed by atoms with Crippen LogP contribution in [0.15, 0.2) is 72.8 Å². The van der Waals surface area contributed by atoms with Gasteiger partial charge in [0.2, 0.25) is 0 Å². The number of ether oxygens (including phenoxy) is 1. The average molecular weight is 389 g/mol. The molecule has 0 aliphatic carbocycles. The van der Waals surface area contributed by atoms with Gasteiger partial charge in [0.25, 0.3) is 5.91 Å². The molecule has 29 heavy (non-hydrogen) atoms. The third-order valence-electron chi connectivity index (χ3n) is 5.25. The number of aromatic hydroxyl groups is 2. The Morgan fingerprint density at radius 2 is 1.31 bits per heavy atom. The van der Waals surface area contributed by atoms with Crippen molar-refractivity contribution in [3.8, 4) is 11.5 Å². The molecule has 0 unspecified atom stereocenters. The molecule has 0 spiro atoms. The number of hydrogen-bond acceptors (Lipinski definition) is 4. The first kappa shape index (κ1) is 19.0. The van der Waals surface area contributed by atoms with E-state index in [0.717, 1.165) is 16.7 Å². The number of hydrogen-bond donors (Lipinski definition) is 2. The maximum atomic E-state index is 13.3. The normalized spacial score (nSPS) is 14.2. The van der Waals surface area contributed by atoms with Crippen molar-refractivity contribution in [2.24, 2.45) is 0 Å². The summed E-state index contributed by atoms with van der Waals surface area (Å²) in [6.45, 7) is 2.26. The van der Waals surface area contributed by atoms with Crippen LogP contribution in [0.2, 0.25) is 0 Å². The molecule has 1 heterocycles. The van der Waals surface area contributed by atoms with Crippen molar-refractivity contribution < 1.29 is 19.7 Å². The Morgan fingerprint density at radius 1 is 0.793 bits per heavy atom. The number of nitrogens with zero attached hydrogens (tertiary/aromatic N) is 1. The minimum atomic E-state index is -0.211. The zero-order valence-corrected chi connectivity index (χ0v) is 16.0. The summed E-state index contributed by atoms with van der Waals surface area (Å²) in [6, 6.07) is 21.7. The van der Waals surface area contributed by atoms with E-state index in [4.69, 9.17) is 4.74 Å². The second-order valence-corrected chi connectivity index (χ2v) is 7.11. The van der Waals surface area contributed by atoms with Crippen LogP contribution < -0.4 is 0 Å². The van der Waals surface area contributed by atoms with E-state index >= 15 is 0 Å². The number of carbonyl (C=O) groups excluding carboxylic acids is 1. The van der Waals surface area contributed by atoms with Crippen LogP contribution in [0, 0.1) is 0 Å². The number of phenols is 2. The molecule has 5 heteroatoms. The fraction of sp³-hybridized carbons (Fsp3) is 0.208. The molecular weight excluding hydrogens is 366 g/mol. The highest BCUT2D eigenvalue weighted by molar-refractivity contribution is 5.96. The van der Waals surface area contributed by atoms with Gasteiger partial charge in [-0.2, -0.15) is 0 Å². The van der Waals surface area contributed by atoms with Crippen LogP contribution >= 0.6 is 0 Å². The van der Waals surface area contributed by atoms with E-state index in [1.54, 1.807) is 24.3 Å². The van der Waals surface area contributed by atoms with E-state index in [2.05, 4.69) is 0 Å². The van der Waals surface area contributed by atoms with Crippen molar-refractivity contribution in [2.75, 3.05) is 26.3 Å². The molecule has 1 amide bonds. The number of amides is 1. The van der Waals surface area contributed by atoms with Gasteiger partial charge < -0.3 is 19.8 Å². The Morgan fingerprint density at radius 3 is 1.86 bits per heavy atom. The number of carbonyl (C=O) groups is 1. The Bertz CT molecular complexity index is 931. The van der Waals surface area contributed by atoms with Gasteiger partial charge in [0.1, 0.15) is 11.5 Å². The molecule has 1 fully saturated rings. The zero-order chi connectivity index (χ0) is 20.2. The molecule has 0 saturated carbocycles. The lowest BCUT2D eigenvalue weighted by Gasteiger charge is -2.29. The molecule has 1 saturated heterocycles. The number of benzene rings is 3. The van der Waals surface area contributed by atoms with E-state index < -0.39 is 0 Å². The highest BCUT2D eigenvalue weighted by atomic mass is 16.5. The van der Waals surface area contributed by atoms with Gasteiger partial charge in [0.15, 0.2) is 0 Å². The summed E-state index contributed by atoms with van der Waals surface area (Å²) in [5, 5.41) is 19.4. The number of rotatable bonds is 4. The molecule has 0 aromatic heterocycles. The zero-order valence-electron chi connectivity index (χ0n) is 16.0. The van der Waals surface area contributed by atoms with Crippen LogP contribution in [0.4, 0.5) is 0 Å². The van der Waals surface area contributed by atoms with E-state index in [1.807, 2.05) is 53.4 Å². The molecular formula is C24H23NO4. The molecule has 0 atom stereocenters. The standard InChI is InChI=1S/C24H23NO4/c26-19-9-5-17(6-10-19)23(18-7-11-20(27)12-8-18)21-3-1-2-4-22(21)24(28)25-13-15-29-16-14-25/h1-12,23,26-27H,13-16H2. The van der Waals surface area contributed by atoms with Crippen LogP contribution in [-0.4, -0.2) is 47.3 Å². The first-order valence-corrected chi connectivity index (χ1v) is 9.67. The predicted molar refractivity (Wildman–Crippen MR) is 110 cm³/mol. The molecule has 3 aromatic rings. The average Bonchev–Trinajstić information content (AvgIpc) is 2.77. The van der Waals surface area contributed by atoms with E-state index in [1.165, 1.54) is 0 Å². The van der Waals surface area contributed by atoms with Crippen molar-refractivity contribution in [1.29, 1.82) is 0 Å². The lowest BCUT2D eigenvalue weighted by Crippen LogP contribution is -2.41. The topological polar surface area (TPSA) is 70.0 Å². The van der Waals surface area contributed by atoms with Gasteiger partial charge in [-0.15, -0.1) is 0 Å². The summed E-state index contributed by atoms with van der Waals surface area (Å²) in [5.74, 6) is 0.163. The summed E-state index contributed by atoms with van der Waals surface area (Å²) >= 11 is 0. The summed E-state index contributed by atoms with van der Waals surface area (Å²) in [7, 11) is 0. The third-order valence-corrected chi connectivity index (χ3v) is 5.25. The van der Waals surface area contributed by atoms with Crippen LogP contribution in [0.3, 0.4) is 0 Å². The smallest absolute Gasteiger partial charge is 0.254 e. The Kier molecular flexibility index (Phi) is 5.49. The van der Waals surface area contributed by atoms with Crippen LogP contribution in [0.25, 0.3) is 0 Å². The highest BCUT2D eigenvalue weighted by Crippen LogP contribution is 2.35. The largest absolute Gasteiger partial charge is 0.508 e. The van der Waals surface area contributed by atoms with Gasteiger partial charge in [0, 0.05) is 24.6 Å². The lowest BCUT2D eigenvalue weighted by molar-refractivity contribution is 0.0302. The Labute approximate surface area is 169 Å². The minimum absolute atomic E-state index is 0.00791. The fourth-order valence-electron chi connectivity index (χ4n) is 3.77. The summed E-state index contributed by atoms with van der Waals surface area (Å²) in [4.78, 5) is 15.1. The highest BCUT2D eigenvalue weighted by Gasteiger charge is 2.26. The molecule has 5 nitrogen and oxygen atoms in total. The van der Waals surface area contributed by atoms with Crippen LogP contribution in [0.5, 0.6) is 11.5 Å². The first-order valence-electron chi connectivity index (χ1n) is 9.67. The molecule has 0 bridgehead atoms. The Balaban J connectivity index is 1.81. The molecule has 148 valence electrons. The van der Waals surface area contributed by atoms with Crippen molar-refractivity contribution in [2.45, 2.75) is 5.92 Å². The quantitative estimate of drug-likeness (QED) is 0.667. The summed E-state index contributed by atoms with van der Waals surface area (Å²) in [6.07, 6.45) is 0. The fourth-order valence-corrected chi connectivity index (χ4v) is 3.77. The summed E-state index contributed by atoms with van der Waals surface area (Å²) in [5.41, 5.74) is 3.45. The molecule has 4 rings (SSSR count). The van der Waals surface area contributed by atoms with Crippen molar-refractivity contribution in [1.82, 2.24) is 4.90 Å². The number of morpholine rings is 1. The lowest BCUT2D eigenvalue weighted by atomic mass is 9.82. The van der Waals surface area contributed by atoms with Crippen molar-refractivity contribution in [3.05, 3.63) is 95.1 Å². The van der Waals surface area contributed by atoms with Gasteiger partial charge in [-0.3, -0.25) is 4.79 Å². The molecule has 3 aromatic carbocycles. The van der Waals surface area contributed by atoms with Gasteiger partial charge >= 0.3 is 0 Å². The maximum Gasteiger partial charge on any atom is 0.254 e. The van der Waals surface area contributed by atoms with E-state index in [9.17, 15) is 15.0 Å².